The van der Waals surface area contributed by atoms with E-state index >= 15 is 0 Å². The van der Waals surface area contributed by atoms with E-state index < -0.39 is 12.1 Å². The molecule has 0 heterocycles. The quantitative estimate of drug-likeness (QED) is 0.195. The number of hydrogen-bond acceptors (Lipinski definition) is 6. The smallest absolute Gasteiger partial charge is 0.303 e. The second-order valence-electron chi connectivity index (χ2n) is 8.60. The van der Waals surface area contributed by atoms with Crippen LogP contribution in [0.2, 0.25) is 5.02 Å². The minimum Gasteiger partial charge on any atom is -0.497 e. The van der Waals surface area contributed by atoms with Crippen LogP contribution in [-0.2, 0) is 20.8 Å². The van der Waals surface area contributed by atoms with Crippen molar-refractivity contribution in [3.63, 3.8) is 0 Å². The number of rotatable bonds is 14. The highest BCUT2D eigenvalue weighted by Gasteiger charge is 2.26. The van der Waals surface area contributed by atoms with E-state index in [-0.39, 0.29) is 31.3 Å². The van der Waals surface area contributed by atoms with E-state index in [9.17, 15) is 14.4 Å². The van der Waals surface area contributed by atoms with Gasteiger partial charge in [0.15, 0.2) is 6.17 Å². The van der Waals surface area contributed by atoms with Crippen LogP contribution in [0.1, 0.15) is 25.3 Å². The van der Waals surface area contributed by atoms with Crippen LogP contribution in [0.4, 0.5) is 11.4 Å². The number of halogens is 1. The van der Waals surface area contributed by atoms with Crippen molar-refractivity contribution in [3.05, 3.63) is 83.4 Å². The van der Waals surface area contributed by atoms with Crippen molar-refractivity contribution in [2.45, 2.75) is 32.4 Å². The Balaban J connectivity index is 1.76. The lowest BCUT2D eigenvalue weighted by Crippen LogP contribution is -2.53. The molecule has 0 aliphatic rings. The summed E-state index contributed by atoms with van der Waals surface area (Å²) in [5, 5.41) is 15.2. The topological polar surface area (TPSA) is 117 Å². The van der Waals surface area contributed by atoms with Crippen molar-refractivity contribution >= 4 is 40.8 Å². The third-order valence-corrected chi connectivity index (χ3v) is 5.98. The molecule has 0 saturated carbocycles. The Morgan fingerprint density at radius 3 is 2.31 bits per heavy atom. The van der Waals surface area contributed by atoms with Gasteiger partial charge in [0.05, 0.1) is 20.1 Å². The average molecular weight is 554 g/mol. The molecule has 3 N–H and O–H groups in total. The number of carbonyl (C=O) groups excluding carboxylic acids is 2. The zero-order chi connectivity index (χ0) is 28.2. The van der Waals surface area contributed by atoms with E-state index in [2.05, 4.69) is 10.6 Å². The van der Waals surface area contributed by atoms with Crippen LogP contribution in [-0.4, -0.2) is 49.3 Å². The first-order valence-corrected chi connectivity index (χ1v) is 12.9. The van der Waals surface area contributed by atoms with Crippen LogP contribution in [0.15, 0.2) is 72.8 Å². The molecule has 10 heteroatoms. The van der Waals surface area contributed by atoms with Crippen LogP contribution < -0.4 is 25.0 Å². The molecule has 9 nitrogen and oxygen atoms in total. The highest BCUT2D eigenvalue weighted by Crippen LogP contribution is 2.22. The van der Waals surface area contributed by atoms with Crippen molar-refractivity contribution in [2.75, 3.05) is 30.5 Å². The molecule has 3 rings (SSSR count). The van der Waals surface area contributed by atoms with Gasteiger partial charge in [-0.1, -0.05) is 23.7 Å². The summed E-state index contributed by atoms with van der Waals surface area (Å²) in [6.07, 6.45) is -0.603. The maximum Gasteiger partial charge on any atom is 0.303 e. The largest absolute Gasteiger partial charge is 0.497 e. The van der Waals surface area contributed by atoms with Crippen LogP contribution in [0.3, 0.4) is 0 Å². The zero-order valence-electron chi connectivity index (χ0n) is 21.9. The Morgan fingerprint density at radius 2 is 1.69 bits per heavy atom. The number of hydrogen-bond donors (Lipinski definition) is 3. The van der Waals surface area contributed by atoms with Crippen LogP contribution in [0.25, 0.3) is 0 Å². The summed E-state index contributed by atoms with van der Waals surface area (Å²) >= 11 is 6.06. The van der Waals surface area contributed by atoms with Gasteiger partial charge in [0.2, 0.25) is 5.91 Å². The maximum absolute atomic E-state index is 13.7. The summed E-state index contributed by atoms with van der Waals surface area (Å²) in [5.41, 5.74) is 1.96. The van der Waals surface area contributed by atoms with Gasteiger partial charge >= 0.3 is 5.97 Å². The molecular weight excluding hydrogens is 522 g/mol. The molecule has 0 aliphatic carbocycles. The maximum atomic E-state index is 13.7. The summed E-state index contributed by atoms with van der Waals surface area (Å²) in [7, 11) is 1.57. The first kappa shape index (κ1) is 29.3. The van der Waals surface area contributed by atoms with Crippen molar-refractivity contribution in [1.82, 2.24) is 5.32 Å². The number of likely N-dealkylation sites (N-methyl/N-ethyl adjacent to an activating group) is 1. The Labute approximate surface area is 232 Å². The van der Waals surface area contributed by atoms with Crippen LogP contribution >= 0.6 is 11.6 Å². The molecule has 1 atom stereocenters. The van der Waals surface area contributed by atoms with Crippen molar-refractivity contribution < 1.29 is 29.0 Å². The third-order valence-electron chi connectivity index (χ3n) is 5.74. The number of aliphatic carboxylic acids is 1. The monoisotopic (exact) mass is 553 g/mol. The second kappa shape index (κ2) is 14.6. The number of anilines is 2. The minimum absolute atomic E-state index is 0.0282. The number of ether oxygens (including phenoxy) is 2. The molecule has 2 amide bonds. The number of carboxylic acids is 1. The SMILES string of the molecule is CCN(C(=O)C(NC(=O)Cc1cccc(Cl)c1)Nc1ccc(OCCCC(=O)O)cc1)c1ccc(OC)cc1. The van der Waals surface area contributed by atoms with E-state index in [1.807, 2.05) is 6.92 Å². The fourth-order valence-electron chi connectivity index (χ4n) is 3.82. The van der Waals surface area contributed by atoms with Gasteiger partial charge in [-0.3, -0.25) is 14.4 Å². The molecule has 0 saturated heterocycles. The third kappa shape index (κ3) is 9.22. The van der Waals surface area contributed by atoms with E-state index in [0.29, 0.717) is 40.9 Å². The van der Waals surface area contributed by atoms with Gasteiger partial charge in [-0.25, -0.2) is 0 Å². The van der Waals surface area contributed by atoms with Gasteiger partial charge in [-0.05, 0) is 79.6 Å². The summed E-state index contributed by atoms with van der Waals surface area (Å²) in [4.78, 5) is 38.9. The molecule has 0 bridgehead atoms. The molecule has 39 heavy (non-hydrogen) atoms. The standard InChI is InChI=1S/C29H32ClN3O6/c1-3-33(23-11-15-24(38-2)16-12-23)29(37)28(32-26(34)19-20-6-4-7-21(30)18-20)31-22-9-13-25(14-10-22)39-17-5-8-27(35)36/h4,6-7,9-16,18,28,31H,3,5,8,17,19H2,1-2H3,(H,32,34)(H,35,36). The fraction of sp³-hybridized carbons (Fsp3) is 0.276. The molecule has 3 aromatic rings. The predicted octanol–water partition coefficient (Wildman–Crippen LogP) is 4.74. The van der Waals surface area contributed by atoms with Crippen LogP contribution in [0, 0.1) is 0 Å². The van der Waals surface area contributed by atoms with Crippen molar-refractivity contribution in [2.24, 2.45) is 0 Å². The number of carbonyl (C=O) groups is 3. The van der Waals surface area contributed by atoms with Crippen molar-refractivity contribution in [3.8, 4) is 11.5 Å². The van der Waals surface area contributed by atoms with Gasteiger partial charge < -0.3 is 30.1 Å². The normalized spacial score (nSPS) is 11.3. The molecule has 0 spiro atoms. The Kier molecular flexibility index (Phi) is 11.0. The lowest BCUT2D eigenvalue weighted by molar-refractivity contribution is -0.137. The number of amides is 2. The first-order valence-electron chi connectivity index (χ1n) is 12.5. The first-order chi connectivity index (χ1) is 18.8. The summed E-state index contributed by atoms with van der Waals surface area (Å²) < 4.78 is 10.8. The molecule has 0 radical (unpaired) electrons. The Morgan fingerprint density at radius 1 is 1.00 bits per heavy atom. The molecule has 206 valence electrons. The van der Waals surface area contributed by atoms with E-state index in [4.69, 9.17) is 26.2 Å². The molecule has 3 aromatic carbocycles. The van der Waals surface area contributed by atoms with Gasteiger partial charge in [-0.15, -0.1) is 0 Å². The van der Waals surface area contributed by atoms with Crippen molar-refractivity contribution in [1.29, 1.82) is 0 Å². The van der Waals surface area contributed by atoms with Gasteiger partial charge in [0, 0.05) is 29.4 Å². The Bertz CT molecular complexity index is 1250. The second-order valence-corrected chi connectivity index (χ2v) is 9.04. The number of nitrogens with zero attached hydrogens (tertiary/aromatic N) is 1. The summed E-state index contributed by atoms with van der Waals surface area (Å²) in [6.45, 7) is 2.49. The predicted molar refractivity (Wildman–Crippen MR) is 151 cm³/mol. The Hall–Kier alpha value is -4.24. The summed E-state index contributed by atoms with van der Waals surface area (Å²) in [6, 6.07) is 20.9. The molecule has 1 unspecified atom stereocenters. The van der Waals surface area contributed by atoms with E-state index in [0.717, 1.165) is 5.56 Å². The number of methoxy groups -OCH3 is 1. The number of benzene rings is 3. The highest BCUT2D eigenvalue weighted by molar-refractivity contribution is 6.30. The lowest BCUT2D eigenvalue weighted by Gasteiger charge is -2.28. The molecule has 0 aliphatic heterocycles. The zero-order valence-corrected chi connectivity index (χ0v) is 22.6. The van der Waals surface area contributed by atoms with E-state index in [1.165, 1.54) is 0 Å². The molecule has 0 fully saturated rings. The van der Waals surface area contributed by atoms with Gasteiger partial charge in [-0.2, -0.15) is 0 Å². The molecule has 0 aromatic heterocycles. The van der Waals surface area contributed by atoms with E-state index in [1.54, 1.807) is 84.8 Å². The van der Waals surface area contributed by atoms with Crippen LogP contribution in [0.5, 0.6) is 11.5 Å². The lowest BCUT2D eigenvalue weighted by atomic mass is 10.1. The minimum atomic E-state index is -1.07. The average Bonchev–Trinajstić information content (AvgIpc) is 2.92. The summed E-state index contributed by atoms with van der Waals surface area (Å²) in [5.74, 6) is -0.352. The number of nitrogens with one attached hydrogen (secondary N) is 2. The number of carboxylic acid groups (broad SMARTS) is 1. The highest BCUT2D eigenvalue weighted by atomic mass is 35.5. The van der Waals surface area contributed by atoms with Gasteiger partial charge in [0.1, 0.15) is 11.5 Å². The fourth-order valence-corrected chi connectivity index (χ4v) is 4.03. The van der Waals surface area contributed by atoms with Gasteiger partial charge in [0.25, 0.3) is 5.91 Å². The molecular formula is C29H32ClN3O6.